The molecule has 0 aliphatic rings. The van der Waals surface area contributed by atoms with Crippen molar-refractivity contribution >= 4 is 11.7 Å². The van der Waals surface area contributed by atoms with Crippen molar-refractivity contribution in [3.63, 3.8) is 0 Å². The molecule has 2 heterocycles. The van der Waals surface area contributed by atoms with Gasteiger partial charge in [0.2, 0.25) is 0 Å². The third-order valence-electron chi connectivity index (χ3n) is 2.27. The lowest BCUT2D eigenvalue weighted by molar-refractivity contribution is -0.401. The Hall–Kier alpha value is -2.31. The zero-order valence-corrected chi connectivity index (χ0v) is 8.56. The summed E-state index contributed by atoms with van der Waals surface area (Å²) in [6.07, 6.45) is 0.673. The monoisotopic (exact) mass is 222 g/mol. The van der Waals surface area contributed by atoms with Crippen LogP contribution in [0.15, 0.2) is 16.5 Å². The van der Waals surface area contributed by atoms with Crippen LogP contribution in [0.4, 0.5) is 11.7 Å². The van der Waals surface area contributed by atoms with E-state index in [9.17, 15) is 10.1 Å². The van der Waals surface area contributed by atoms with Gasteiger partial charge >= 0.3 is 5.88 Å². The second-order valence-corrected chi connectivity index (χ2v) is 3.21. The molecule has 7 nitrogen and oxygen atoms in total. The molecule has 2 aromatic heterocycles. The van der Waals surface area contributed by atoms with Gasteiger partial charge in [0, 0.05) is 5.56 Å². The predicted molar refractivity (Wildman–Crippen MR) is 56.7 cm³/mol. The highest BCUT2D eigenvalue weighted by molar-refractivity contribution is 5.64. The number of nitrogen functional groups attached to an aromatic ring is 1. The Kier molecular flexibility index (Phi) is 2.35. The number of nitro groups is 1. The molecule has 0 aliphatic carbocycles. The number of anilines is 1. The molecule has 16 heavy (non-hydrogen) atoms. The predicted octanol–water partition coefficient (Wildman–Crippen LogP) is 1.72. The van der Waals surface area contributed by atoms with Gasteiger partial charge in [-0.05, 0) is 12.5 Å². The molecular formula is C9H10N4O3. The van der Waals surface area contributed by atoms with Gasteiger partial charge in [-0.1, -0.05) is 6.92 Å². The second-order valence-electron chi connectivity index (χ2n) is 3.21. The number of nitrogens with two attached hydrogens (primary N) is 1. The Bertz CT molecular complexity index is 529. The molecule has 0 saturated heterocycles. The molecule has 2 aromatic rings. The van der Waals surface area contributed by atoms with Crippen LogP contribution in [-0.4, -0.2) is 15.1 Å². The second kappa shape index (κ2) is 3.69. The normalized spacial score (nSPS) is 10.6. The fraction of sp³-hybridized carbons (Fsp3) is 0.222. The van der Waals surface area contributed by atoms with Crippen LogP contribution in [0.2, 0.25) is 0 Å². The summed E-state index contributed by atoms with van der Waals surface area (Å²) in [6, 6.07) is 2.82. The number of rotatable bonds is 3. The first kappa shape index (κ1) is 10.2. The van der Waals surface area contributed by atoms with E-state index >= 15 is 0 Å². The fourth-order valence-corrected chi connectivity index (χ4v) is 1.50. The van der Waals surface area contributed by atoms with Crippen molar-refractivity contribution in [3.8, 4) is 11.5 Å². The molecule has 0 amide bonds. The van der Waals surface area contributed by atoms with Gasteiger partial charge in [0.1, 0.15) is 16.4 Å². The number of aromatic amines is 1. The zero-order chi connectivity index (χ0) is 11.7. The molecule has 0 spiro atoms. The Labute approximate surface area is 90.4 Å². The van der Waals surface area contributed by atoms with Gasteiger partial charge in [0.05, 0.1) is 6.07 Å². The van der Waals surface area contributed by atoms with Gasteiger partial charge in [0.25, 0.3) is 0 Å². The summed E-state index contributed by atoms with van der Waals surface area (Å²) in [4.78, 5) is 9.88. The third-order valence-corrected chi connectivity index (χ3v) is 2.27. The van der Waals surface area contributed by atoms with E-state index in [1.165, 1.54) is 12.1 Å². The van der Waals surface area contributed by atoms with Gasteiger partial charge in [-0.15, -0.1) is 0 Å². The molecule has 0 aromatic carbocycles. The highest BCUT2D eigenvalue weighted by Crippen LogP contribution is 2.29. The van der Waals surface area contributed by atoms with Crippen molar-refractivity contribution in [2.24, 2.45) is 0 Å². The Morgan fingerprint density at radius 3 is 2.94 bits per heavy atom. The summed E-state index contributed by atoms with van der Waals surface area (Å²) in [5.74, 6) is 0.453. The minimum Gasteiger partial charge on any atom is -0.399 e. The van der Waals surface area contributed by atoms with Crippen LogP contribution in [0.25, 0.3) is 11.5 Å². The first-order chi connectivity index (χ1) is 7.63. The number of furan rings is 1. The maximum absolute atomic E-state index is 10.5. The highest BCUT2D eigenvalue weighted by Gasteiger charge is 2.18. The van der Waals surface area contributed by atoms with Crippen LogP contribution in [-0.2, 0) is 6.42 Å². The first-order valence-electron chi connectivity index (χ1n) is 4.70. The summed E-state index contributed by atoms with van der Waals surface area (Å²) >= 11 is 0. The van der Waals surface area contributed by atoms with Crippen LogP contribution >= 0.6 is 0 Å². The molecular weight excluding hydrogens is 212 g/mol. The van der Waals surface area contributed by atoms with E-state index in [-0.39, 0.29) is 5.88 Å². The fourth-order valence-electron chi connectivity index (χ4n) is 1.50. The zero-order valence-electron chi connectivity index (χ0n) is 8.56. The SMILES string of the molecule is CCc1c(N)n[nH]c1-c1ccc([N+](=O)[O-])o1. The molecule has 0 unspecified atom stereocenters. The van der Waals surface area contributed by atoms with E-state index in [4.69, 9.17) is 10.2 Å². The molecule has 0 aliphatic heterocycles. The molecule has 3 N–H and O–H groups in total. The van der Waals surface area contributed by atoms with E-state index in [1.807, 2.05) is 6.92 Å². The van der Waals surface area contributed by atoms with Crippen LogP contribution in [0, 0.1) is 10.1 Å². The van der Waals surface area contributed by atoms with E-state index in [0.717, 1.165) is 5.56 Å². The maximum atomic E-state index is 10.5. The standard InChI is InChI=1S/C9H10N4O3/c1-2-5-8(11-12-9(5)10)6-3-4-7(16-6)13(14)15/h3-4H,2H2,1H3,(H3,10,11,12). The van der Waals surface area contributed by atoms with Gasteiger partial charge < -0.3 is 10.2 Å². The van der Waals surface area contributed by atoms with Gasteiger partial charge in [-0.2, -0.15) is 5.10 Å². The van der Waals surface area contributed by atoms with Crippen molar-refractivity contribution in [1.29, 1.82) is 0 Å². The summed E-state index contributed by atoms with van der Waals surface area (Å²) in [7, 11) is 0. The van der Waals surface area contributed by atoms with Crippen LogP contribution in [0.3, 0.4) is 0 Å². The molecule has 0 bridgehead atoms. The summed E-state index contributed by atoms with van der Waals surface area (Å²) in [5, 5.41) is 17.0. The summed E-state index contributed by atoms with van der Waals surface area (Å²) in [5.41, 5.74) is 7.02. The lowest BCUT2D eigenvalue weighted by atomic mass is 10.1. The first-order valence-corrected chi connectivity index (χ1v) is 4.70. The lowest BCUT2D eigenvalue weighted by Gasteiger charge is -1.96. The number of H-pyrrole nitrogens is 1. The smallest absolute Gasteiger partial charge is 0.399 e. The van der Waals surface area contributed by atoms with Crippen LogP contribution in [0.5, 0.6) is 0 Å². The number of hydrogen-bond donors (Lipinski definition) is 2. The van der Waals surface area contributed by atoms with Gasteiger partial charge in [0.15, 0.2) is 5.76 Å². The Balaban J connectivity index is 2.46. The topological polar surface area (TPSA) is 111 Å². The molecule has 0 saturated carbocycles. The van der Waals surface area contributed by atoms with Crippen molar-refractivity contribution in [2.75, 3.05) is 5.73 Å². The molecule has 2 rings (SSSR count). The number of aromatic nitrogens is 2. The highest BCUT2D eigenvalue weighted by atomic mass is 16.6. The van der Waals surface area contributed by atoms with Crippen molar-refractivity contribution < 1.29 is 9.34 Å². The van der Waals surface area contributed by atoms with Crippen molar-refractivity contribution in [1.82, 2.24) is 10.2 Å². The van der Waals surface area contributed by atoms with Crippen molar-refractivity contribution in [2.45, 2.75) is 13.3 Å². The quantitative estimate of drug-likeness (QED) is 0.606. The van der Waals surface area contributed by atoms with E-state index in [2.05, 4.69) is 10.2 Å². The summed E-state index contributed by atoms with van der Waals surface area (Å²) in [6.45, 7) is 1.92. The minimum atomic E-state index is -0.588. The van der Waals surface area contributed by atoms with E-state index in [1.54, 1.807) is 0 Å². The van der Waals surface area contributed by atoms with Crippen molar-refractivity contribution in [3.05, 3.63) is 27.8 Å². The molecule has 84 valence electrons. The van der Waals surface area contributed by atoms with E-state index in [0.29, 0.717) is 23.7 Å². The number of nitrogens with one attached hydrogen (secondary N) is 1. The van der Waals surface area contributed by atoms with E-state index < -0.39 is 4.92 Å². The Morgan fingerprint density at radius 2 is 2.38 bits per heavy atom. The average molecular weight is 222 g/mol. The molecule has 0 atom stereocenters. The molecule has 0 fully saturated rings. The molecule has 0 radical (unpaired) electrons. The third kappa shape index (κ3) is 1.52. The maximum Gasteiger partial charge on any atom is 0.433 e. The number of hydrogen-bond acceptors (Lipinski definition) is 5. The minimum absolute atomic E-state index is 0.301. The lowest BCUT2D eigenvalue weighted by Crippen LogP contribution is -1.90. The van der Waals surface area contributed by atoms with Gasteiger partial charge in [-0.25, -0.2) is 0 Å². The molecule has 7 heteroatoms. The Morgan fingerprint density at radius 1 is 1.62 bits per heavy atom. The van der Waals surface area contributed by atoms with Crippen LogP contribution in [0.1, 0.15) is 12.5 Å². The summed E-state index contributed by atoms with van der Waals surface area (Å²) < 4.78 is 5.06. The van der Waals surface area contributed by atoms with Gasteiger partial charge in [-0.3, -0.25) is 15.2 Å². The average Bonchev–Trinajstić information content (AvgIpc) is 2.83. The largest absolute Gasteiger partial charge is 0.433 e. The van der Waals surface area contributed by atoms with Crippen LogP contribution < -0.4 is 5.73 Å². The number of nitrogens with zero attached hydrogens (tertiary/aromatic N) is 2.